The molecule has 9 heteroatoms. The molecule has 1 fully saturated rings. The molecular formula is C26H24ClFN2O4S. The summed E-state index contributed by atoms with van der Waals surface area (Å²) in [5.74, 6) is 4.78. The maximum atomic E-state index is 13.2. The number of methoxy groups -OCH3 is 1. The fourth-order valence-electron chi connectivity index (χ4n) is 4.46. The van der Waals surface area contributed by atoms with Gasteiger partial charge in [-0.05, 0) is 55.6 Å². The number of ketones is 1. The van der Waals surface area contributed by atoms with E-state index >= 15 is 0 Å². The Kier molecular flexibility index (Phi) is 8.01. The summed E-state index contributed by atoms with van der Waals surface area (Å²) in [4.78, 5) is 32.1. The van der Waals surface area contributed by atoms with Crippen molar-refractivity contribution in [1.29, 1.82) is 0 Å². The first-order valence-electron chi connectivity index (χ1n) is 11.2. The van der Waals surface area contributed by atoms with Gasteiger partial charge >= 0.3 is 5.97 Å². The van der Waals surface area contributed by atoms with Gasteiger partial charge in [-0.15, -0.1) is 0 Å². The van der Waals surface area contributed by atoms with Crippen molar-refractivity contribution in [3.8, 4) is 17.6 Å². The van der Waals surface area contributed by atoms with Gasteiger partial charge in [-0.25, -0.2) is 0 Å². The van der Waals surface area contributed by atoms with Crippen molar-refractivity contribution >= 4 is 45.6 Å². The molecule has 0 bridgehead atoms. The lowest BCUT2D eigenvalue weighted by atomic mass is 9.81. The first kappa shape index (κ1) is 25.1. The van der Waals surface area contributed by atoms with Crippen LogP contribution in [0.2, 0.25) is 5.02 Å². The van der Waals surface area contributed by atoms with Crippen LogP contribution in [0.1, 0.15) is 34.5 Å². The van der Waals surface area contributed by atoms with Crippen molar-refractivity contribution in [3.63, 3.8) is 0 Å². The minimum atomic E-state index is -0.877. The van der Waals surface area contributed by atoms with Crippen LogP contribution in [0.5, 0.6) is 5.75 Å². The van der Waals surface area contributed by atoms with Crippen LogP contribution in [0.3, 0.4) is 0 Å². The van der Waals surface area contributed by atoms with Crippen LogP contribution in [0, 0.1) is 28.8 Å². The number of carbonyl (C=O) groups excluding carboxylic acids is 1. The van der Waals surface area contributed by atoms with E-state index in [-0.39, 0.29) is 28.3 Å². The van der Waals surface area contributed by atoms with E-state index < -0.39 is 11.9 Å². The molecule has 3 heterocycles. The number of hydrogen-bond acceptors (Lipinski definition) is 6. The summed E-state index contributed by atoms with van der Waals surface area (Å²) in [5, 5.41) is 10.4. The Balaban J connectivity index is 1.41. The average Bonchev–Trinajstić information content (AvgIpc) is 3.27. The first-order chi connectivity index (χ1) is 16.9. The van der Waals surface area contributed by atoms with Crippen LogP contribution in [0.4, 0.5) is 4.39 Å². The third kappa shape index (κ3) is 5.99. The highest BCUT2D eigenvalue weighted by Crippen LogP contribution is 2.32. The minimum Gasteiger partial charge on any atom is -0.497 e. The maximum absolute atomic E-state index is 13.2. The summed E-state index contributed by atoms with van der Waals surface area (Å²) in [6.07, 6.45) is 2.76. The second-order valence-corrected chi connectivity index (χ2v) is 9.90. The SMILES string of the molecule is COc1ccc2ncc(Cl)c(C(=O)CCC3CCN(CC#Cc4ccc(F)s4)CC3C(=O)O)c2c1. The van der Waals surface area contributed by atoms with Crippen LogP contribution < -0.4 is 4.74 Å². The van der Waals surface area contributed by atoms with E-state index in [1.165, 1.54) is 12.3 Å². The number of carboxylic acid groups (broad SMARTS) is 1. The number of Topliss-reactive ketones (excluding diaryl/α,β-unsaturated/α-hetero) is 1. The fraction of sp³-hybridized carbons (Fsp3) is 0.346. The van der Waals surface area contributed by atoms with Crippen molar-refractivity contribution in [2.75, 3.05) is 26.7 Å². The van der Waals surface area contributed by atoms with Crippen LogP contribution in [-0.2, 0) is 4.79 Å². The summed E-state index contributed by atoms with van der Waals surface area (Å²) in [7, 11) is 1.55. The Labute approximate surface area is 211 Å². The number of halogens is 2. The molecule has 0 saturated carbocycles. The first-order valence-corrected chi connectivity index (χ1v) is 12.4. The molecule has 2 atom stereocenters. The zero-order chi connectivity index (χ0) is 24.9. The highest BCUT2D eigenvalue weighted by molar-refractivity contribution is 7.10. The molecule has 2 aromatic heterocycles. The molecule has 3 aromatic rings. The molecule has 0 spiro atoms. The molecule has 1 saturated heterocycles. The lowest BCUT2D eigenvalue weighted by Crippen LogP contribution is -2.44. The van der Waals surface area contributed by atoms with E-state index in [2.05, 4.69) is 16.8 Å². The Bertz CT molecular complexity index is 1320. The van der Waals surface area contributed by atoms with Gasteiger partial charge in [0.05, 0.1) is 35.0 Å². The Morgan fingerprint density at radius 3 is 2.89 bits per heavy atom. The molecule has 1 N–H and O–H groups in total. The monoisotopic (exact) mass is 514 g/mol. The second kappa shape index (κ2) is 11.2. The lowest BCUT2D eigenvalue weighted by Gasteiger charge is -2.35. The van der Waals surface area contributed by atoms with Crippen molar-refractivity contribution in [2.24, 2.45) is 11.8 Å². The van der Waals surface area contributed by atoms with Gasteiger partial charge in [0.15, 0.2) is 10.9 Å². The van der Waals surface area contributed by atoms with E-state index in [9.17, 15) is 19.1 Å². The number of aliphatic carboxylic acids is 1. The number of benzene rings is 1. The number of rotatable bonds is 7. The molecule has 1 aromatic carbocycles. The lowest BCUT2D eigenvalue weighted by molar-refractivity contribution is -0.146. The summed E-state index contributed by atoms with van der Waals surface area (Å²) >= 11 is 7.34. The van der Waals surface area contributed by atoms with Crippen molar-refractivity contribution < 1.29 is 23.8 Å². The van der Waals surface area contributed by atoms with E-state index in [1.807, 2.05) is 4.90 Å². The van der Waals surface area contributed by atoms with Crippen molar-refractivity contribution in [3.05, 3.63) is 57.1 Å². The van der Waals surface area contributed by atoms with E-state index in [4.69, 9.17) is 16.3 Å². The molecule has 0 radical (unpaired) electrons. The van der Waals surface area contributed by atoms with Gasteiger partial charge < -0.3 is 9.84 Å². The molecule has 1 aliphatic heterocycles. The predicted molar refractivity (Wildman–Crippen MR) is 134 cm³/mol. The Morgan fingerprint density at radius 2 is 2.17 bits per heavy atom. The average molecular weight is 515 g/mol. The van der Waals surface area contributed by atoms with Gasteiger partial charge in [-0.1, -0.05) is 34.8 Å². The van der Waals surface area contributed by atoms with Crippen molar-refractivity contribution in [1.82, 2.24) is 9.88 Å². The summed E-state index contributed by atoms with van der Waals surface area (Å²) < 4.78 is 18.4. The van der Waals surface area contributed by atoms with Crippen LogP contribution in [0.25, 0.3) is 10.9 Å². The highest BCUT2D eigenvalue weighted by atomic mass is 35.5. The molecule has 182 valence electrons. The molecular weight excluding hydrogens is 491 g/mol. The summed E-state index contributed by atoms with van der Waals surface area (Å²) in [6.45, 7) is 1.46. The van der Waals surface area contributed by atoms with Crippen LogP contribution in [-0.4, -0.2) is 53.5 Å². The number of likely N-dealkylation sites (tertiary alicyclic amines) is 1. The maximum Gasteiger partial charge on any atom is 0.308 e. The van der Waals surface area contributed by atoms with E-state index in [1.54, 1.807) is 31.4 Å². The van der Waals surface area contributed by atoms with Crippen LogP contribution in [0.15, 0.2) is 36.5 Å². The zero-order valence-corrected chi connectivity index (χ0v) is 20.7. The number of carboxylic acids is 1. The number of carbonyl (C=O) groups is 2. The normalized spacial score (nSPS) is 18.1. The quantitative estimate of drug-likeness (QED) is 0.347. The Morgan fingerprint density at radius 1 is 1.34 bits per heavy atom. The molecule has 1 aliphatic rings. The molecule has 4 rings (SSSR count). The molecule has 35 heavy (non-hydrogen) atoms. The third-order valence-corrected chi connectivity index (χ3v) is 7.37. The molecule has 0 amide bonds. The summed E-state index contributed by atoms with van der Waals surface area (Å²) in [5.41, 5.74) is 1.03. The number of hydrogen-bond donors (Lipinski definition) is 1. The number of pyridine rings is 1. The third-order valence-electron chi connectivity index (χ3n) is 6.29. The largest absolute Gasteiger partial charge is 0.497 e. The molecule has 6 nitrogen and oxygen atoms in total. The number of piperidine rings is 1. The molecule has 2 unspecified atom stereocenters. The van der Waals surface area contributed by atoms with Gasteiger partial charge in [0.1, 0.15) is 5.75 Å². The number of fused-ring (bicyclic) bond motifs is 1. The number of aromatic nitrogens is 1. The zero-order valence-electron chi connectivity index (χ0n) is 19.1. The van der Waals surface area contributed by atoms with E-state index in [0.29, 0.717) is 59.6 Å². The molecule has 0 aliphatic carbocycles. The van der Waals surface area contributed by atoms with Crippen LogP contribution >= 0.6 is 22.9 Å². The fourth-order valence-corrected chi connectivity index (χ4v) is 5.32. The standard InChI is InChI=1S/C26H24ClFN2O4S/c1-34-17-5-7-22-19(13-17)25(21(27)14-29-22)23(31)8-4-16-10-12-30(15-20(16)26(32)33)11-2-3-18-6-9-24(28)35-18/h5-7,9,13-14,16,20H,4,8,10-12,15H2,1H3,(H,32,33). The topological polar surface area (TPSA) is 79.7 Å². The smallest absolute Gasteiger partial charge is 0.308 e. The van der Waals surface area contributed by atoms with E-state index in [0.717, 1.165) is 11.3 Å². The minimum absolute atomic E-state index is 0.131. The van der Waals surface area contributed by atoms with Gasteiger partial charge in [0.25, 0.3) is 0 Å². The van der Waals surface area contributed by atoms with Gasteiger partial charge in [0, 0.05) is 30.1 Å². The van der Waals surface area contributed by atoms with Gasteiger partial charge in [-0.3, -0.25) is 19.5 Å². The Hall–Kier alpha value is -2.99. The number of nitrogens with zero attached hydrogens (tertiary/aromatic N) is 2. The summed E-state index contributed by atoms with van der Waals surface area (Å²) in [6, 6.07) is 8.29. The van der Waals surface area contributed by atoms with Gasteiger partial charge in [0.2, 0.25) is 0 Å². The number of thiophene rings is 1. The second-order valence-electron chi connectivity index (χ2n) is 8.46. The predicted octanol–water partition coefficient (Wildman–Crippen LogP) is 5.13. The highest BCUT2D eigenvalue weighted by Gasteiger charge is 2.34. The number of ether oxygens (including phenoxy) is 1. The van der Waals surface area contributed by atoms with Crippen molar-refractivity contribution in [2.45, 2.75) is 19.3 Å². The van der Waals surface area contributed by atoms with Gasteiger partial charge in [-0.2, -0.15) is 4.39 Å².